The van der Waals surface area contributed by atoms with E-state index in [1.165, 1.54) is 0 Å². The Labute approximate surface area is 104 Å². The lowest BCUT2D eigenvalue weighted by atomic mass is 10.3. The first-order chi connectivity index (χ1) is 7.18. The maximum Gasteiger partial charge on any atom is 0.262 e. The van der Waals surface area contributed by atoms with E-state index >= 15 is 0 Å². The van der Waals surface area contributed by atoms with Crippen LogP contribution >= 0.6 is 31.9 Å². The molecule has 0 bridgehead atoms. The second kappa shape index (κ2) is 4.45. The molecule has 5 heteroatoms. The fraction of sp³-hybridized carbons (Fsp3) is 0.200. The minimum atomic E-state index is 0.0192. The van der Waals surface area contributed by atoms with E-state index in [0.717, 1.165) is 10.0 Å². The van der Waals surface area contributed by atoms with Gasteiger partial charge in [-0.3, -0.25) is 9.78 Å². The van der Waals surface area contributed by atoms with Gasteiger partial charge in [-0.2, -0.15) is 0 Å². The van der Waals surface area contributed by atoms with Crippen LogP contribution in [0.4, 0.5) is 0 Å². The lowest BCUT2D eigenvalue weighted by Crippen LogP contribution is -2.25. The SMILES string of the molecule is O=C1C(Br)=C(Br)CN1Cc1cccnc1. The van der Waals surface area contributed by atoms with E-state index < -0.39 is 0 Å². The van der Waals surface area contributed by atoms with Crippen LogP contribution in [0.15, 0.2) is 33.5 Å². The van der Waals surface area contributed by atoms with Crippen LogP contribution in [0.25, 0.3) is 0 Å². The molecule has 1 aliphatic rings. The molecule has 2 rings (SSSR count). The maximum atomic E-state index is 11.7. The number of amides is 1. The molecule has 2 heterocycles. The topological polar surface area (TPSA) is 33.2 Å². The van der Waals surface area contributed by atoms with Crippen molar-refractivity contribution < 1.29 is 4.79 Å². The minimum Gasteiger partial charge on any atom is -0.329 e. The van der Waals surface area contributed by atoms with Crippen LogP contribution in [0.2, 0.25) is 0 Å². The van der Waals surface area contributed by atoms with Gasteiger partial charge in [0.15, 0.2) is 0 Å². The molecule has 0 N–H and O–H groups in total. The number of carbonyl (C=O) groups is 1. The van der Waals surface area contributed by atoms with Crippen molar-refractivity contribution in [2.75, 3.05) is 6.54 Å². The van der Waals surface area contributed by atoms with Gasteiger partial charge in [-0.1, -0.05) is 22.0 Å². The van der Waals surface area contributed by atoms with E-state index in [4.69, 9.17) is 0 Å². The Kier molecular flexibility index (Phi) is 3.21. The zero-order chi connectivity index (χ0) is 10.8. The summed E-state index contributed by atoms with van der Waals surface area (Å²) < 4.78 is 1.52. The van der Waals surface area contributed by atoms with Crippen molar-refractivity contribution in [2.24, 2.45) is 0 Å². The summed E-state index contributed by atoms with van der Waals surface area (Å²) in [6.07, 6.45) is 3.49. The molecule has 0 saturated carbocycles. The van der Waals surface area contributed by atoms with E-state index in [1.54, 1.807) is 17.3 Å². The predicted molar refractivity (Wildman–Crippen MR) is 64.5 cm³/mol. The second-order valence-electron chi connectivity index (χ2n) is 3.24. The Morgan fingerprint density at radius 2 is 2.27 bits per heavy atom. The smallest absolute Gasteiger partial charge is 0.262 e. The van der Waals surface area contributed by atoms with Gasteiger partial charge in [0.1, 0.15) is 0 Å². The van der Waals surface area contributed by atoms with Gasteiger partial charge in [-0.15, -0.1) is 0 Å². The highest BCUT2D eigenvalue weighted by molar-refractivity contribution is 9.14. The van der Waals surface area contributed by atoms with Crippen molar-refractivity contribution in [3.63, 3.8) is 0 Å². The van der Waals surface area contributed by atoms with Gasteiger partial charge < -0.3 is 4.90 Å². The third-order valence-corrected chi connectivity index (χ3v) is 4.14. The first-order valence-electron chi connectivity index (χ1n) is 4.41. The number of hydrogen-bond donors (Lipinski definition) is 0. The van der Waals surface area contributed by atoms with E-state index in [9.17, 15) is 4.79 Å². The summed E-state index contributed by atoms with van der Waals surface area (Å²) in [6, 6.07) is 3.83. The van der Waals surface area contributed by atoms with Gasteiger partial charge >= 0.3 is 0 Å². The highest BCUT2D eigenvalue weighted by Gasteiger charge is 2.27. The number of hydrogen-bond acceptors (Lipinski definition) is 2. The molecule has 0 unspecified atom stereocenters. The molecule has 0 saturated heterocycles. The van der Waals surface area contributed by atoms with E-state index in [-0.39, 0.29) is 5.91 Å². The van der Waals surface area contributed by atoms with Crippen LogP contribution in [0, 0.1) is 0 Å². The van der Waals surface area contributed by atoms with Gasteiger partial charge in [-0.25, -0.2) is 0 Å². The summed E-state index contributed by atoms with van der Waals surface area (Å²) >= 11 is 6.60. The van der Waals surface area contributed by atoms with E-state index in [0.29, 0.717) is 17.6 Å². The Hall–Kier alpha value is -0.680. The number of halogens is 2. The molecule has 15 heavy (non-hydrogen) atoms. The minimum absolute atomic E-state index is 0.0192. The van der Waals surface area contributed by atoms with Gasteiger partial charge in [0.05, 0.1) is 11.0 Å². The Morgan fingerprint density at radius 3 is 2.80 bits per heavy atom. The molecule has 0 aliphatic carbocycles. The predicted octanol–water partition coefficient (Wildman–Crippen LogP) is 2.43. The van der Waals surface area contributed by atoms with Gasteiger partial charge in [0.2, 0.25) is 0 Å². The van der Waals surface area contributed by atoms with Gasteiger partial charge in [-0.05, 0) is 27.6 Å². The summed E-state index contributed by atoms with van der Waals surface area (Å²) in [5, 5.41) is 0. The zero-order valence-corrected chi connectivity index (χ0v) is 11.0. The number of rotatable bonds is 2. The molecule has 78 valence electrons. The quantitative estimate of drug-likeness (QED) is 0.834. The van der Waals surface area contributed by atoms with Crippen molar-refractivity contribution in [1.29, 1.82) is 0 Å². The van der Waals surface area contributed by atoms with Crippen molar-refractivity contribution in [3.8, 4) is 0 Å². The average Bonchev–Trinajstić information content (AvgIpc) is 2.48. The molecule has 0 aromatic carbocycles. The van der Waals surface area contributed by atoms with Crippen LogP contribution in [0.3, 0.4) is 0 Å². The Bertz CT molecular complexity index is 417. The molecule has 0 radical (unpaired) electrons. The largest absolute Gasteiger partial charge is 0.329 e. The maximum absolute atomic E-state index is 11.7. The van der Waals surface area contributed by atoms with Gasteiger partial charge in [0, 0.05) is 23.4 Å². The molecule has 1 aromatic rings. The number of nitrogens with zero attached hydrogens (tertiary/aromatic N) is 2. The summed E-state index contributed by atoms with van der Waals surface area (Å²) in [6.45, 7) is 1.21. The first-order valence-corrected chi connectivity index (χ1v) is 5.99. The highest BCUT2D eigenvalue weighted by Crippen LogP contribution is 2.28. The number of carbonyl (C=O) groups excluding carboxylic acids is 1. The van der Waals surface area contributed by atoms with Crippen molar-refractivity contribution in [2.45, 2.75) is 6.54 Å². The molecule has 1 aromatic heterocycles. The lowest BCUT2D eigenvalue weighted by molar-refractivity contribution is -0.125. The van der Waals surface area contributed by atoms with Crippen molar-refractivity contribution in [3.05, 3.63) is 39.1 Å². The Balaban J connectivity index is 2.08. The standard InChI is InChI=1S/C10H8Br2N2O/c11-8-6-14(10(15)9(8)12)5-7-2-1-3-13-4-7/h1-4H,5-6H2. The number of pyridine rings is 1. The highest BCUT2D eigenvalue weighted by atomic mass is 79.9. The summed E-state index contributed by atoms with van der Waals surface area (Å²) in [5.74, 6) is 0.0192. The normalized spacial score (nSPS) is 16.4. The van der Waals surface area contributed by atoms with E-state index in [1.807, 2.05) is 12.1 Å². The van der Waals surface area contributed by atoms with Crippen LogP contribution in [-0.2, 0) is 11.3 Å². The van der Waals surface area contributed by atoms with Gasteiger partial charge in [0.25, 0.3) is 5.91 Å². The fourth-order valence-corrected chi connectivity index (χ4v) is 2.25. The molecule has 1 amide bonds. The third kappa shape index (κ3) is 2.29. The summed E-state index contributed by atoms with van der Waals surface area (Å²) in [7, 11) is 0. The monoisotopic (exact) mass is 330 g/mol. The molecular weight excluding hydrogens is 324 g/mol. The lowest BCUT2D eigenvalue weighted by Gasteiger charge is -2.15. The molecule has 3 nitrogen and oxygen atoms in total. The summed E-state index contributed by atoms with van der Waals surface area (Å²) in [4.78, 5) is 17.5. The zero-order valence-electron chi connectivity index (χ0n) is 7.78. The Morgan fingerprint density at radius 1 is 1.47 bits per heavy atom. The number of aromatic nitrogens is 1. The first kappa shape index (κ1) is 10.8. The van der Waals surface area contributed by atoms with Crippen LogP contribution in [0.1, 0.15) is 5.56 Å². The van der Waals surface area contributed by atoms with Crippen molar-refractivity contribution >= 4 is 37.8 Å². The van der Waals surface area contributed by atoms with Crippen LogP contribution in [0.5, 0.6) is 0 Å². The van der Waals surface area contributed by atoms with Crippen molar-refractivity contribution in [1.82, 2.24) is 9.88 Å². The second-order valence-corrected chi connectivity index (χ2v) is 4.99. The molecule has 0 spiro atoms. The molecule has 1 aliphatic heterocycles. The van der Waals surface area contributed by atoms with Crippen LogP contribution < -0.4 is 0 Å². The van der Waals surface area contributed by atoms with Crippen LogP contribution in [-0.4, -0.2) is 22.3 Å². The average molecular weight is 332 g/mol. The third-order valence-electron chi connectivity index (χ3n) is 2.14. The summed E-state index contributed by atoms with van der Waals surface area (Å²) in [5.41, 5.74) is 1.04. The fourth-order valence-electron chi connectivity index (χ4n) is 1.40. The molecule has 0 fully saturated rings. The molecule has 0 atom stereocenters. The molecular formula is C10H8Br2N2O. The van der Waals surface area contributed by atoms with E-state index in [2.05, 4.69) is 36.8 Å².